The number of carbonyl (C=O) groups excluding carboxylic acids is 1. The molecule has 1 aromatic carbocycles. The van der Waals surface area contributed by atoms with E-state index in [1.807, 2.05) is 44.4 Å². The van der Waals surface area contributed by atoms with Crippen LogP contribution in [0.3, 0.4) is 0 Å². The number of benzene rings is 1. The van der Waals surface area contributed by atoms with Gasteiger partial charge in [-0.1, -0.05) is 30.3 Å². The quantitative estimate of drug-likeness (QED) is 0.771. The highest BCUT2D eigenvalue weighted by Gasteiger charge is 2.15. The number of nitrogens with one attached hydrogen (secondary N) is 1. The molecule has 0 spiro atoms. The van der Waals surface area contributed by atoms with Crippen LogP contribution in [0, 0.1) is 0 Å². The first-order chi connectivity index (χ1) is 10.0. The molecule has 0 aliphatic carbocycles. The van der Waals surface area contributed by atoms with E-state index in [-0.39, 0.29) is 6.04 Å². The first kappa shape index (κ1) is 17.5. The maximum absolute atomic E-state index is 11.0. The van der Waals surface area contributed by atoms with Crippen molar-refractivity contribution in [2.24, 2.45) is 0 Å². The molecule has 5 heteroatoms. The molecule has 0 fully saturated rings. The van der Waals surface area contributed by atoms with Crippen LogP contribution in [-0.2, 0) is 4.74 Å². The highest BCUT2D eigenvalue weighted by Crippen LogP contribution is 2.20. The lowest BCUT2D eigenvalue weighted by molar-refractivity contribution is 0.119. The summed E-state index contributed by atoms with van der Waals surface area (Å²) in [7, 11) is 5.54. The Bertz CT molecular complexity index is 409. The van der Waals surface area contributed by atoms with E-state index < -0.39 is 12.2 Å². The monoisotopic (exact) mass is 294 g/mol. The molecule has 0 bridgehead atoms. The Kier molecular flexibility index (Phi) is 7.79. The van der Waals surface area contributed by atoms with Gasteiger partial charge >= 0.3 is 6.09 Å². The fourth-order valence-corrected chi connectivity index (χ4v) is 2.21. The minimum Gasteiger partial charge on any atom is -0.450 e. The second-order valence-corrected chi connectivity index (χ2v) is 5.30. The van der Waals surface area contributed by atoms with Crippen LogP contribution in [0.25, 0.3) is 0 Å². The van der Waals surface area contributed by atoms with E-state index in [1.165, 1.54) is 0 Å². The van der Waals surface area contributed by atoms with Crippen molar-refractivity contribution < 1.29 is 14.6 Å². The molecule has 2 N–H and O–H groups in total. The molecule has 2 atom stereocenters. The van der Waals surface area contributed by atoms with Gasteiger partial charge in [-0.05, 0) is 38.9 Å². The van der Waals surface area contributed by atoms with Gasteiger partial charge in [0.1, 0.15) is 0 Å². The normalized spacial score (nSPS) is 13.8. The zero-order valence-corrected chi connectivity index (χ0v) is 13.1. The van der Waals surface area contributed by atoms with Gasteiger partial charge in [-0.3, -0.25) is 0 Å². The van der Waals surface area contributed by atoms with E-state index in [4.69, 9.17) is 4.74 Å². The summed E-state index contributed by atoms with van der Waals surface area (Å²) >= 11 is 0. The van der Waals surface area contributed by atoms with Gasteiger partial charge in [-0.25, -0.2) is 4.79 Å². The maximum atomic E-state index is 11.0. The van der Waals surface area contributed by atoms with Crippen molar-refractivity contribution >= 4 is 6.09 Å². The molecule has 0 heterocycles. The Morgan fingerprint density at radius 1 is 1.24 bits per heavy atom. The summed E-state index contributed by atoms with van der Waals surface area (Å²) in [5.41, 5.74) is 0.941. The van der Waals surface area contributed by atoms with E-state index in [1.54, 1.807) is 7.05 Å². The molecule has 1 rings (SSSR count). The first-order valence-electron chi connectivity index (χ1n) is 7.28. The number of nitrogens with zero attached hydrogens (tertiary/aromatic N) is 1. The second-order valence-electron chi connectivity index (χ2n) is 5.30. The summed E-state index contributed by atoms with van der Waals surface area (Å²) in [4.78, 5) is 13.1. The highest BCUT2D eigenvalue weighted by molar-refractivity contribution is 5.66. The van der Waals surface area contributed by atoms with Crippen LogP contribution in [0.15, 0.2) is 30.3 Å². The summed E-state index contributed by atoms with van der Waals surface area (Å²) in [6.07, 6.45) is 1.43. The van der Waals surface area contributed by atoms with Crippen molar-refractivity contribution in [2.75, 3.05) is 27.7 Å². The number of aliphatic hydroxyl groups is 1. The Hall–Kier alpha value is -1.59. The van der Waals surface area contributed by atoms with Crippen LogP contribution < -0.4 is 5.32 Å². The third kappa shape index (κ3) is 6.60. The highest BCUT2D eigenvalue weighted by atomic mass is 16.5. The molecule has 0 radical (unpaired) electrons. The van der Waals surface area contributed by atoms with Crippen molar-refractivity contribution in [1.82, 2.24) is 10.2 Å². The molecule has 21 heavy (non-hydrogen) atoms. The molecule has 1 aromatic rings. The molecule has 5 nitrogen and oxygen atoms in total. The Morgan fingerprint density at radius 2 is 1.90 bits per heavy atom. The molecule has 0 saturated carbocycles. The summed E-state index contributed by atoms with van der Waals surface area (Å²) in [5, 5.41) is 12.6. The van der Waals surface area contributed by atoms with Crippen LogP contribution in [-0.4, -0.2) is 49.9 Å². The van der Waals surface area contributed by atoms with Gasteiger partial charge < -0.3 is 20.1 Å². The zero-order valence-electron chi connectivity index (χ0n) is 13.1. The van der Waals surface area contributed by atoms with Gasteiger partial charge in [0.15, 0.2) is 0 Å². The molecule has 0 aliphatic rings. The Balaban J connectivity index is 2.38. The minimum absolute atomic E-state index is 0.271. The van der Waals surface area contributed by atoms with Crippen molar-refractivity contribution in [3.8, 4) is 0 Å². The number of ether oxygens (including phenoxy) is 1. The lowest BCUT2D eigenvalue weighted by atomic mass is 10.00. The average Bonchev–Trinajstić information content (AvgIpc) is 2.50. The predicted octanol–water partition coefficient (Wildman–Crippen LogP) is 2.18. The maximum Gasteiger partial charge on any atom is 0.406 e. The van der Waals surface area contributed by atoms with Crippen molar-refractivity contribution in [1.29, 1.82) is 0 Å². The molecular formula is C16H26N2O3. The van der Waals surface area contributed by atoms with Gasteiger partial charge in [-0.15, -0.1) is 0 Å². The summed E-state index contributed by atoms with van der Waals surface area (Å²) in [6, 6.07) is 9.94. The average molecular weight is 294 g/mol. The third-order valence-electron chi connectivity index (χ3n) is 3.58. The predicted molar refractivity (Wildman–Crippen MR) is 83.1 cm³/mol. The number of carbonyl (C=O) groups is 1. The molecule has 2 unspecified atom stereocenters. The second kappa shape index (κ2) is 9.37. The lowest BCUT2D eigenvalue weighted by Crippen LogP contribution is -2.31. The Morgan fingerprint density at radius 3 is 2.48 bits per heavy atom. The largest absolute Gasteiger partial charge is 0.450 e. The van der Waals surface area contributed by atoms with Crippen LogP contribution in [0.2, 0.25) is 0 Å². The molecular weight excluding hydrogens is 268 g/mol. The molecule has 118 valence electrons. The fraction of sp³-hybridized carbons (Fsp3) is 0.562. The van der Waals surface area contributed by atoms with E-state index in [2.05, 4.69) is 10.2 Å². The van der Waals surface area contributed by atoms with Gasteiger partial charge in [-0.2, -0.15) is 0 Å². The van der Waals surface area contributed by atoms with E-state index >= 15 is 0 Å². The smallest absolute Gasteiger partial charge is 0.406 e. The lowest BCUT2D eigenvalue weighted by Gasteiger charge is -2.25. The SMILES string of the molecule is CNC(=O)OCCC(CCC(O)c1ccccc1)N(C)C. The van der Waals surface area contributed by atoms with Gasteiger partial charge in [0.2, 0.25) is 0 Å². The number of hydrogen-bond acceptors (Lipinski definition) is 4. The van der Waals surface area contributed by atoms with Crippen LogP contribution in [0.5, 0.6) is 0 Å². The molecule has 0 aromatic heterocycles. The molecule has 0 aliphatic heterocycles. The number of hydrogen-bond donors (Lipinski definition) is 2. The van der Waals surface area contributed by atoms with Crippen LogP contribution in [0.1, 0.15) is 30.9 Å². The fourth-order valence-electron chi connectivity index (χ4n) is 2.21. The molecule has 0 saturated heterocycles. The minimum atomic E-state index is -0.450. The van der Waals surface area contributed by atoms with Gasteiger partial charge in [0.05, 0.1) is 12.7 Å². The standard InChI is InChI=1S/C16H26N2O3/c1-17-16(20)21-12-11-14(18(2)3)9-10-15(19)13-7-5-4-6-8-13/h4-8,14-15,19H,9-12H2,1-3H3,(H,17,20). The summed E-state index contributed by atoms with van der Waals surface area (Å²) < 4.78 is 5.02. The summed E-state index contributed by atoms with van der Waals surface area (Å²) in [6.45, 7) is 0.379. The number of amides is 1. The third-order valence-corrected chi connectivity index (χ3v) is 3.58. The number of alkyl carbamates (subject to hydrolysis) is 1. The van der Waals surface area contributed by atoms with Crippen molar-refractivity contribution in [2.45, 2.75) is 31.4 Å². The van der Waals surface area contributed by atoms with E-state index in [0.29, 0.717) is 13.0 Å². The van der Waals surface area contributed by atoms with Crippen molar-refractivity contribution in [3.63, 3.8) is 0 Å². The van der Waals surface area contributed by atoms with Crippen LogP contribution in [0.4, 0.5) is 4.79 Å². The van der Waals surface area contributed by atoms with Gasteiger partial charge in [0.25, 0.3) is 0 Å². The van der Waals surface area contributed by atoms with E-state index in [0.717, 1.165) is 18.4 Å². The molecule has 1 amide bonds. The summed E-state index contributed by atoms with van der Waals surface area (Å²) in [5.74, 6) is 0. The first-order valence-corrected chi connectivity index (χ1v) is 7.28. The number of aliphatic hydroxyl groups excluding tert-OH is 1. The zero-order chi connectivity index (χ0) is 15.7. The topological polar surface area (TPSA) is 61.8 Å². The van der Waals surface area contributed by atoms with Crippen molar-refractivity contribution in [3.05, 3.63) is 35.9 Å². The van der Waals surface area contributed by atoms with E-state index in [9.17, 15) is 9.90 Å². The van der Waals surface area contributed by atoms with Gasteiger partial charge in [0, 0.05) is 13.1 Å². The van der Waals surface area contributed by atoms with Crippen LogP contribution >= 0.6 is 0 Å². The Labute approximate surface area is 126 Å². The number of rotatable bonds is 8.